The third-order valence-corrected chi connectivity index (χ3v) is 2.75. The van der Waals surface area contributed by atoms with Gasteiger partial charge in [0.15, 0.2) is 0 Å². The van der Waals surface area contributed by atoms with Crippen LogP contribution in [0.5, 0.6) is 0 Å². The summed E-state index contributed by atoms with van der Waals surface area (Å²) in [6.07, 6.45) is 1.33. The molecule has 0 bridgehead atoms. The number of aliphatic hydroxyl groups is 1. The van der Waals surface area contributed by atoms with Crippen LogP contribution in [0, 0.1) is 0 Å². The summed E-state index contributed by atoms with van der Waals surface area (Å²) in [6.45, 7) is 3.73. The number of hydrogen-bond acceptors (Lipinski definition) is 3. The lowest BCUT2D eigenvalue weighted by Gasteiger charge is -2.14. The molecule has 0 spiro atoms. The zero-order valence-electron chi connectivity index (χ0n) is 8.88. The van der Waals surface area contributed by atoms with Crippen LogP contribution in [0.25, 0.3) is 10.8 Å². The molecule has 15 heavy (non-hydrogen) atoms. The molecule has 0 radical (unpaired) electrons. The monoisotopic (exact) mass is 202 g/mol. The highest BCUT2D eigenvalue weighted by molar-refractivity contribution is 5.83. The zero-order valence-corrected chi connectivity index (χ0v) is 8.88. The van der Waals surface area contributed by atoms with E-state index in [0.29, 0.717) is 0 Å². The van der Waals surface area contributed by atoms with Crippen molar-refractivity contribution in [1.29, 1.82) is 0 Å². The van der Waals surface area contributed by atoms with Crippen LogP contribution in [-0.2, 0) is 0 Å². The molecule has 0 saturated heterocycles. The van der Waals surface area contributed by atoms with E-state index in [-0.39, 0.29) is 5.92 Å². The summed E-state index contributed by atoms with van der Waals surface area (Å²) in [7, 11) is 0. The third kappa shape index (κ3) is 1.83. The highest BCUT2D eigenvalue weighted by Crippen LogP contribution is 2.24. The fourth-order valence-electron chi connectivity index (χ4n) is 1.61. The molecular formula is C12H14N2O. The number of aromatic nitrogens is 2. The van der Waals surface area contributed by atoms with E-state index in [9.17, 15) is 5.11 Å². The van der Waals surface area contributed by atoms with Gasteiger partial charge in [0.1, 0.15) is 0 Å². The number of fused-ring (bicyclic) bond motifs is 1. The molecule has 0 aliphatic heterocycles. The van der Waals surface area contributed by atoms with Gasteiger partial charge in [0, 0.05) is 16.7 Å². The molecule has 1 heterocycles. The lowest BCUT2D eigenvalue weighted by molar-refractivity contribution is 0.167. The Labute approximate surface area is 88.8 Å². The summed E-state index contributed by atoms with van der Waals surface area (Å²) in [6, 6.07) is 7.96. The van der Waals surface area contributed by atoms with Crippen molar-refractivity contribution in [2.24, 2.45) is 0 Å². The molecule has 2 aromatic rings. The Bertz CT molecular complexity index is 463. The topological polar surface area (TPSA) is 46.0 Å². The average molecular weight is 202 g/mol. The maximum atomic E-state index is 9.57. The van der Waals surface area contributed by atoms with Gasteiger partial charge in [-0.05, 0) is 6.92 Å². The fourth-order valence-corrected chi connectivity index (χ4v) is 1.61. The average Bonchev–Trinajstić information content (AvgIpc) is 2.27. The van der Waals surface area contributed by atoms with Gasteiger partial charge in [0.25, 0.3) is 0 Å². The number of rotatable bonds is 2. The zero-order chi connectivity index (χ0) is 10.8. The van der Waals surface area contributed by atoms with Crippen molar-refractivity contribution in [2.75, 3.05) is 0 Å². The molecule has 3 nitrogen and oxygen atoms in total. The normalized spacial score (nSPS) is 15.1. The molecule has 78 valence electrons. The summed E-state index contributed by atoms with van der Waals surface area (Å²) in [5.41, 5.74) is 0.864. The SMILES string of the molecule is CC(O)C(C)c1nncc2ccccc12. The minimum Gasteiger partial charge on any atom is -0.393 e. The number of aliphatic hydroxyl groups excluding tert-OH is 1. The van der Waals surface area contributed by atoms with Crippen LogP contribution in [0.1, 0.15) is 25.5 Å². The van der Waals surface area contributed by atoms with Gasteiger partial charge in [-0.3, -0.25) is 0 Å². The first-order chi connectivity index (χ1) is 7.20. The number of benzene rings is 1. The third-order valence-electron chi connectivity index (χ3n) is 2.75. The van der Waals surface area contributed by atoms with Crippen molar-refractivity contribution in [2.45, 2.75) is 25.9 Å². The van der Waals surface area contributed by atoms with E-state index >= 15 is 0 Å². The maximum absolute atomic E-state index is 9.57. The fraction of sp³-hybridized carbons (Fsp3) is 0.333. The summed E-state index contributed by atoms with van der Waals surface area (Å²) in [4.78, 5) is 0. The van der Waals surface area contributed by atoms with Gasteiger partial charge in [0.2, 0.25) is 0 Å². The van der Waals surface area contributed by atoms with Crippen molar-refractivity contribution < 1.29 is 5.11 Å². The Morgan fingerprint density at radius 3 is 2.67 bits per heavy atom. The highest BCUT2D eigenvalue weighted by atomic mass is 16.3. The highest BCUT2D eigenvalue weighted by Gasteiger charge is 2.16. The first-order valence-electron chi connectivity index (χ1n) is 5.08. The summed E-state index contributed by atoms with van der Waals surface area (Å²) in [5, 5.41) is 19.8. The van der Waals surface area contributed by atoms with Gasteiger partial charge >= 0.3 is 0 Å². The van der Waals surface area contributed by atoms with Crippen molar-refractivity contribution in [3.63, 3.8) is 0 Å². The number of nitrogens with zero attached hydrogens (tertiary/aromatic N) is 2. The van der Waals surface area contributed by atoms with E-state index in [1.165, 1.54) is 0 Å². The molecule has 0 aliphatic rings. The molecule has 2 atom stereocenters. The van der Waals surface area contributed by atoms with Gasteiger partial charge in [-0.25, -0.2) is 0 Å². The van der Waals surface area contributed by atoms with Gasteiger partial charge in [-0.15, -0.1) is 0 Å². The second-order valence-corrected chi connectivity index (χ2v) is 3.85. The first kappa shape index (κ1) is 10.1. The van der Waals surface area contributed by atoms with Crippen molar-refractivity contribution in [1.82, 2.24) is 10.2 Å². The summed E-state index contributed by atoms with van der Waals surface area (Å²) < 4.78 is 0. The molecule has 1 N–H and O–H groups in total. The quantitative estimate of drug-likeness (QED) is 0.811. The first-order valence-corrected chi connectivity index (χ1v) is 5.08. The van der Waals surface area contributed by atoms with Crippen LogP contribution in [0.3, 0.4) is 0 Å². The van der Waals surface area contributed by atoms with Gasteiger partial charge in [-0.2, -0.15) is 10.2 Å². The molecule has 1 aromatic carbocycles. The number of hydrogen-bond donors (Lipinski definition) is 1. The van der Waals surface area contributed by atoms with E-state index in [4.69, 9.17) is 0 Å². The molecule has 1 aromatic heterocycles. The van der Waals surface area contributed by atoms with Gasteiger partial charge in [-0.1, -0.05) is 31.2 Å². The standard InChI is InChI=1S/C12H14N2O/c1-8(9(2)15)12-11-6-4-3-5-10(11)7-13-14-12/h3-9,15H,1-2H3. The van der Waals surface area contributed by atoms with Crippen LogP contribution in [-0.4, -0.2) is 21.4 Å². The Hall–Kier alpha value is -1.48. The van der Waals surface area contributed by atoms with E-state index in [1.54, 1.807) is 13.1 Å². The van der Waals surface area contributed by atoms with Crippen LogP contribution in [0.2, 0.25) is 0 Å². The Kier molecular flexibility index (Phi) is 2.64. The maximum Gasteiger partial charge on any atom is 0.0763 e. The van der Waals surface area contributed by atoms with Crippen LogP contribution >= 0.6 is 0 Å². The Balaban J connectivity index is 2.60. The van der Waals surface area contributed by atoms with Crippen LogP contribution in [0.15, 0.2) is 30.5 Å². The molecule has 3 heteroatoms. The molecule has 2 unspecified atom stereocenters. The lowest BCUT2D eigenvalue weighted by Crippen LogP contribution is -2.13. The largest absolute Gasteiger partial charge is 0.393 e. The Morgan fingerprint density at radius 2 is 1.93 bits per heavy atom. The van der Waals surface area contributed by atoms with E-state index in [2.05, 4.69) is 10.2 Å². The molecule has 2 rings (SSSR count). The predicted molar refractivity (Wildman–Crippen MR) is 59.6 cm³/mol. The Morgan fingerprint density at radius 1 is 1.20 bits per heavy atom. The summed E-state index contributed by atoms with van der Waals surface area (Å²) >= 11 is 0. The lowest BCUT2D eigenvalue weighted by atomic mass is 9.97. The minimum atomic E-state index is -0.412. The molecule has 0 amide bonds. The predicted octanol–water partition coefficient (Wildman–Crippen LogP) is 2.11. The van der Waals surface area contributed by atoms with Gasteiger partial charge in [0.05, 0.1) is 18.0 Å². The molecule has 0 fully saturated rings. The molecule has 0 saturated carbocycles. The van der Waals surface area contributed by atoms with Crippen molar-refractivity contribution in [3.05, 3.63) is 36.2 Å². The second-order valence-electron chi connectivity index (χ2n) is 3.85. The van der Waals surface area contributed by atoms with Gasteiger partial charge < -0.3 is 5.11 Å². The molecule has 0 aliphatic carbocycles. The van der Waals surface area contributed by atoms with E-state index < -0.39 is 6.10 Å². The summed E-state index contributed by atoms with van der Waals surface area (Å²) in [5.74, 6) is 0.00333. The molecular weight excluding hydrogens is 188 g/mol. The van der Waals surface area contributed by atoms with E-state index in [1.807, 2.05) is 31.2 Å². The minimum absolute atomic E-state index is 0.00333. The van der Waals surface area contributed by atoms with Crippen molar-refractivity contribution >= 4 is 10.8 Å². The van der Waals surface area contributed by atoms with Crippen molar-refractivity contribution in [3.8, 4) is 0 Å². The van der Waals surface area contributed by atoms with Crippen LogP contribution in [0.4, 0.5) is 0 Å². The van der Waals surface area contributed by atoms with Crippen LogP contribution < -0.4 is 0 Å². The smallest absolute Gasteiger partial charge is 0.0763 e. The second kappa shape index (κ2) is 3.95. The van der Waals surface area contributed by atoms with E-state index in [0.717, 1.165) is 16.5 Å².